The van der Waals surface area contributed by atoms with Crippen molar-refractivity contribution in [3.63, 3.8) is 0 Å². The second kappa shape index (κ2) is 9.22. The summed E-state index contributed by atoms with van der Waals surface area (Å²) in [6.45, 7) is 1.24. The summed E-state index contributed by atoms with van der Waals surface area (Å²) in [7, 11) is 0. The first kappa shape index (κ1) is 22.9. The van der Waals surface area contributed by atoms with E-state index in [1.165, 1.54) is 0 Å². The third kappa shape index (κ3) is 4.10. The number of benzene rings is 5. The van der Waals surface area contributed by atoms with Gasteiger partial charge in [-0.05, 0) is 70.1 Å². The number of nitrogens with zero attached hydrogens (tertiary/aromatic N) is 2. The summed E-state index contributed by atoms with van der Waals surface area (Å²) in [5, 5.41) is 7.09. The topological polar surface area (TPSA) is 93.8 Å². The zero-order chi connectivity index (χ0) is 26.3. The second-order valence-electron chi connectivity index (χ2n) is 9.30. The number of amides is 1. The molecule has 0 radical (unpaired) electrons. The largest absolute Gasteiger partial charge is 0.476 e. The Labute approximate surface area is 222 Å². The normalized spacial score (nSPS) is 13.0. The molecule has 1 aliphatic heterocycles. The molecule has 0 saturated heterocycles. The van der Waals surface area contributed by atoms with E-state index in [1.807, 2.05) is 60.7 Å². The molecule has 0 atom stereocenters. The van der Waals surface area contributed by atoms with Gasteiger partial charge in [0.2, 0.25) is 11.8 Å². The smallest absolute Gasteiger partial charge is 0.347 e. The summed E-state index contributed by atoms with van der Waals surface area (Å²) in [4.78, 5) is 35.2. The maximum absolute atomic E-state index is 13.1. The fourth-order valence-electron chi connectivity index (χ4n) is 4.97. The predicted molar refractivity (Wildman–Crippen MR) is 152 cm³/mol. The first-order valence-electron chi connectivity index (χ1n) is 12.6. The molecule has 1 amide bonds. The van der Waals surface area contributed by atoms with E-state index in [0.29, 0.717) is 41.2 Å². The molecule has 1 aliphatic rings. The third-order valence-electron chi connectivity index (χ3n) is 6.85. The summed E-state index contributed by atoms with van der Waals surface area (Å²) in [5.74, 6) is 0.513. The van der Waals surface area contributed by atoms with E-state index in [2.05, 4.69) is 16.4 Å². The number of carbonyl (C=O) groups is 1. The van der Waals surface area contributed by atoms with E-state index >= 15 is 0 Å². The van der Waals surface area contributed by atoms with Gasteiger partial charge in [0.05, 0.1) is 23.0 Å². The molecule has 5 aromatic carbocycles. The van der Waals surface area contributed by atoms with E-state index < -0.39 is 5.63 Å². The van der Waals surface area contributed by atoms with E-state index in [4.69, 9.17) is 14.1 Å². The van der Waals surface area contributed by atoms with Gasteiger partial charge in [0, 0.05) is 16.8 Å². The van der Waals surface area contributed by atoms with Gasteiger partial charge < -0.3 is 14.5 Å². The average molecular weight is 512 g/mol. The number of ether oxygens (including phenoxy) is 1. The minimum absolute atomic E-state index is 0.214. The average Bonchev–Trinajstić information content (AvgIpc) is 3.51. The first-order chi connectivity index (χ1) is 19.1. The van der Waals surface area contributed by atoms with Crippen LogP contribution in [-0.4, -0.2) is 29.9 Å². The number of hydrogen-bond acceptors (Lipinski definition) is 6. The van der Waals surface area contributed by atoms with Gasteiger partial charge in [-0.15, -0.1) is 0 Å². The molecular formula is C32H21N3O4. The quantitative estimate of drug-likeness (QED) is 0.285. The molecule has 0 bridgehead atoms. The number of carbonyl (C=O) groups excluding carboxylic acids is 1. The molecule has 188 valence electrons. The number of rotatable bonds is 4. The Morgan fingerprint density at radius 1 is 0.795 bits per heavy atom. The van der Waals surface area contributed by atoms with Crippen LogP contribution in [0.4, 0.5) is 5.69 Å². The zero-order valence-electron chi connectivity index (χ0n) is 20.7. The molecule has 2 heterocycles. The van der Waals surface area contributed by atoms with Crippen molar-refractivity contribution in [2.24, 2.45) is 4.99 Å². The fraction of sp³-hybridized carbons (Fsp3) is 0.0625. The Balaban J connectivity index is 1.28. The van der Waals surface area contributed by atoms with Crippen molar-refractivity contribution in [2.45, 2.75) is 0 Å². The van der Waals surface area contributed by atoms with Gasteiger partial charge in [-0.1, -0.05) is 48.5 Å². The molecule has 0 aliphatic carbocycles. The standard InChI is InChI=1S/C32H21N3O4/c36-29(34-23-12-9-19(10-13-23)30-33-15-16-38-30)22-11-14-26-27(18-22)35-31(39-32(26)37)28-24-7-3-1-5-20(24)17-21-6-2-4-8-25(21)28/h1-14,17-18H,15-16H2,(H,34,36). The first-order valence-corrected chi connectivity index (χ1v) is 12.6. The van der Waals surface area contributed by atoms with Gasteiger partial charge in [0.1, 0.15) is 6.61 Å². The highest BCUT2D eigenvalue weighted by Crippen LogP contribution is 2.35. The monoisotopic (exact) mass is 511 g/mol. The molecule has 0 unspecified atom stereocenters. The van der Waals surface area contributed by atoms with Gasteiger partial charge in [-0.25, -0.2) is 14.8 Å². The van der Waals surface area contributed by atoms with Crippen molar-refractivity contribution in [3.05, 3.63) is 119 Å². The predicted octanol–water partition coefficient (Wildman–Crippen LogP) is 6.19. The third-order valence-corrected chi connectivity index (χ3v) is 6.85. The highest BCUT2D eigenvalue weighted by molar-refractivity contribution is 6.12. The van der Waals surface area contributed by atoms with Crippen molar-refractivity contribution in [1.29, 1.82) is 0 Å². The lowest BCUT2D eigenvalue weighted by atomic mass is 9.96. The molecule has 0 spiro atoms. The number of aliphatic imine (C=N–C) groups is 1. The summed E-state index contributed by atoms with van der Waals surface area (Å²) < 4.78 is 11.2. The molecular weight excluding hydrogens is 490 g/mol. The maximum atomic E-state index is 13.1. The van der Waals surface area contributed by atoms with Gasteiger partial charge in [-0.2, -0.15) is 0 Å². The van der Waals surface area contributed by atoms with Crippen LogP contribution in [0.25, 0.3) is 43.9 Å². The highest BCUT2D eigenvalue weighted by Gasteiger charge is 2.17. The summed E-state index contributed by atoms with van der Waals surface area (Å²) >= 11 is 0. The zero-order valence-corrected chi connectivity index (χ0v) is 20.7. The van der Waals surface area contributed by atoms with Gasteiger partial charge >= 0.3 is 5.63 Å². The van der Waals surface area contributed by atoms with Gasteiger partial charge in [0.25, 0.3) is 5.91 Å². The van der Waals surface area contributed by atoms with Gasteiger partial charge in [0.15, 0.2) is 0 Å². The van der Waals surface area contributed by atoms with Crippen LogP contribution < -0.4 is 10.9 Å². The van der Waals surface area contributed by atoms with Crippen molar-refractivity contribution in [1.82, 2.24) is 4.98 Å². The van der Waals surface area contributed by atoms with Crippen LogP contribution in [0.3, 0.4) is 0 Å². The Morgan fingerprint density at radius 3 is 2.21 bits per heavy atom. The molecule has 7 heteroatoms. The van der Waals surface area contributed by atoms with E-state index in [0.717, 1.165) is 32.7 Å². The summed E-state index contributed by atoms with van der Waals surface area (Å²) in [6.07, 6.45) is 0. The highest BCUT2D eigenvalue weighted by atomic mass is 16.5. The number of hydrogen-bond donors (Lipinski definition) is 1. The Morgan fingerprint density at radius 2 is 1.51 bits per heavy atom. The second-order valence-corrected chi connectivity index (χ2v) is 9.30. The van der Waals surface area contributed by atoms with Crippen LogP contribution in [0.2, 0.25) is 0 Å². The summed E-state index contributed by atoms with van der Waals surface area (Å²) in [5.41, 5.74) is 2.49. The molecule has 7 rings (SSSR count). The summed E-state index contributed by atoms with van der Waals surface area (Å²) in [6, 6.07) is 30.1. The van der Waals surface area contributed by atoms with Gasteiger partial charge in [-0.3, -0.25) is 4.79 Å². The fourth-order valence-corrected chi connectivity index (χ4v) is 4.97. The van der Waals surface area contributed by atoms with Crippen LogP contribution in [-0.2, 0) is 4.74 Å². The Bertz CT molecular complexity index is 1960. The maximum Gasteiger partial charge on any atom is 0.347 e. The molecule has 0 fully saturated rings. The van der Waals surface area contributed by atoms with Crippen molar-refractivity contribution in [2.75, 3.05) is 18.5 Å². The van der Waals surface area contributed by atoms with Crippen molar-refractivity contribution in [3.8, 4) is 11.5 Å². The minimum Gasteiger partial charge on any atom is -0.476 e. The molecule has 39 heavy (non-hydrogen) atoms. The van der Waals surface area contributed by atoms with E-state index in [9.17, 15) is 9.59 Å². The lowest BCUT2D eigenvalue weighted by Crippen LogP contribution is -2.13. The van der Waals surface area contributed by atoms with Crippen molar-refractivity contribution < 1.29 is 13.9 Å². The Hall–Kier alpha value is -5.30. The molecule has 1 aromatic heterocycles. The minimum atomic E-state index is -0.508. The van der Waals surface area contributed by atoms with Crippen molar-refractivity contribution >= 4 is 49.9 Å². The molecule has 0 saturated carbocycles. The SMILES string of the molecule is O=C(Nc1ccc(C2=NCCO2)cc1)c1ccc2c(=O)oc(-c3c4ccccc4cc4ccccc34)nc2c1. The van der Waals surface area contributed by atoms with Crippen LogP contribution in [0, 0.1) is 0 Å². The number of aromatic nitrogens is 1. The Kier molecular flexibility index (Phi) is 5.41. The van der Waals surface area contributed by atoms with E-state index in [-0.39, 0.29) is 11.8 Å². The van der Waals surface area contributed by atoms with Crippen LogP contribution in [0.1, 0.15) is 15.9 Å². The number of nitrogens with one attached hydrogen (secondary N) is 1. The lowest BCUT2D eigenvalue weighted by Gasteiger charge is -2.11. The molecule has 6 aromatic rings. The van der Waals surface area contributed by atoms with Crippen LogP contribution >= 0.6 is 0 Å². The molecule has 1 N–H and O–H groups in total. The molecule has 7 nitrogen and oxygen atoms in total. The van der Waals surface area contributed by atoms with E-state index in [1.54, 1.807) is 30.3 Å². The van der Waals surface area contributed by atoms with Crippen LogP contribution in [0.5, 0.6) is 0 Å². The number of fused-ring (bicyclic) bond motifs is 3. The lowest BCUT2D eigenvalue weighted by molar-refractivity contribution is 0.102. The number of anilines is 1. The van der Waals surface area contributed by atoms with Crippen LogP contribution in [0.15, 0.2) is 111 Å².